The first kappa shape index (κ1) is 38.8. The number of hydrogen-bond donors (Lipinski definition) is 2. The first-order valence-electron chi connectivity index (χ1n) is 14.4. The first-order chi connectivity index (χ1) is 21.9. The monoisotopic (exact) mass is 676 g/mol. The first-order valence-corrected chi connectivity index (χ1v) is 14.4. The Morgan fingerprint density at radius 3 is 1.23 bits per heavy atom. The second-order valence-electron chi connectivity index (χ2n) is 10.6. The maximum atomic E-state index is 12.4. The Morgan fingerprint density at radius 1 is 0.468 bits per heavy atom. The predicted octanol–water partition coefficient (Wildman–Crippen LogP) is -1.68. The van der Waals surface area contributed by atoms with E-state index in [0.717, 1.165) is 55.4 Å². The predicted molar refractivity (Wildman–Crippen MR) is 149 cm³/mol. The van der Waals surface area contributed by atoms with Crippen molar-refractivity contribution in [3.05, 3.63) is 0 Å². The zero-order valence-corrected chi connectivity index (χ0v) is 27.1. The minimum atomic E-state index is -1.69. The van der Waals surface area contributed by atoms with Crippen LogP contribution in [0.2, 0.25) is 0 Å². The van der Waals surface area contributed by atoms with E-state index in [4.69, 9.17) is 42.6 Å². The summed E-state index contributed by atoms with van der Waals surface area (Å²) in [5.74, 6) is -6.25. The summed E-state index contributed by atoms with van der Waals surface area (Å²) in [5, 5.41) is 5.02. The number of esters is 6. The third kappa shape index (κ3) is 12.1. The Balaban J connectivity index is 2.73. The summed E-state index contributed by atoms with van der Waals surface area (Å²) in [6.45, 7) is 7.56. The van der Waals surface area contributed by atoms with Gasteiger partial charge in [0.2, 0.25) is 18.1 Å². The molecule has 0 aliphatic carbocycles. The molecule has 2 aliphatic heterocycles. The van der Waals surface area contributed by atoms with E-state index in [0.29, 0.717) is 0 Å². The van der Waals surface area contributed by atoms with Crippen molar-refractivity contribution >= 4 is 47.6 Å². The molecule has 47 heavy (non-hydrogen) atoms. The van der Waals surface area contributed by atoms with Crippen LogP contribution in [0.4, 0.5) is 0 Å². The Morgan fingerprint density at radius 2 is 0.830 bits per heavy atom. The number of carbonyl (C=O) groups is 8. The molecule has 2 amide bonds. The minimum absolute atomic E-state index is 0.549. The summed E-state index contributed by atoms with van der Waals surface area (Å²) < 4.78 is 50.1. The molecule has 0 aromatic heterocycles. The lowest BCUT2D eigenvalue weighted by Crippen LogP contribution is -2.70. The lowest BCUT2D eigenvalue weighted by molar-refractivity contribution is -0.330. The van der Waals surface area contributed by atoms with Crippen molar-refractivity contribution < 1.29 is 81.0 Å². The highest BCUT2D eigenvalue weighted by Crippen LogP contribution is 2.33. The summed E-state index contributed by atoms with van der Waals surface area (Å²) in [6.07, 6.45) is -12.1. The van der Waals surface area contributed by atoms with Crippen LogP contribution in [0.25, 0.3) is 0 Å². The van der Waals surface area contributed by atoms with Gasteiger partial charge in [0.15, 0.2) is 24.6 Å². The minimum Gasteiger partial charge on any atom is -0.463 e. The Labute approximate surface area is 269 Å². The molecule has 0 radical (unpaired) electrons. The lowest BCUT2D eigenvalue weighted by atomic mass is 9.94. The summed E-state index contributed by atoms with van der Waals surface area (Å²) in [6, 6.07) is -2.86. The van der Waals surface area contributed by atoms with Crippen LogP contribution in [0.15, 0.2) is 0 Å². The lowest BCUT2D eigenvalue weighted by Gasteiger charge is -2.49. The van der Waals surface area contributed by atoms with Crippen LogP contribution in [-0.4, -0.2) is 122 Å². The van der Waals surface area contributed by atoms with E-state index in [1.54, 1.807) is 0 Å². The van der Waals surface area contributed by atoms with E-state index < -0.39 is 122 Å². The molecular formula is C28H40N2O17. The summed E-state index contributed by atoms with van der Waals surface area (Å²) in [5.41, 5.74) is 0. The SMILES string of the molecule is CC(=O)N[C@@H]1[C@H](OC(C)=O)OC(COC(C)=O)[C@H](O[C@@H]2OC(COC(C)=O)[C@@H](OC(C)=O)[C@H](OC(C)=O)[C@H]2NC(C)=O)[C@@H]1OC(C)=O. The van der Waals surface area contributed by atoms with Gasteiger partial charge in [0, 0.05) is 55.4 Å². The Hall–Kier alpha value is -4.36. The molecule has 2 rings (SSSR count). The van der Waals surface area contributed by atoms with E-state index in [1.165, 1.54) is 0 Å². The smallest absolute Gasteiger partial charge is 0.305 e. The van der Waals surface area contributed by atoms with Crippen LogP contribution in [0.5, 0.6) is 0 Å². The number of ether oxygens (including phenoxy) is 9. The van der Waals surface area contributed by atoms with Gasteiger partial charge in [-0.25, -0.2) is 0 Å². The van der Waals surface area contributed by atoms with Crippen molar-refractivity contribution in [1.29, 1.82) is 0 Å². The average Bonchev–Trinajstić information content (AvgIpc) is 2.91. The van der Waals surface area contributed by atoms with Gasteiger partial charge in [0.05, 0.1) is 0 Å². The third-order valence-electron chi connectivity index (χ3n) is 6.41. The molecule has 2 heterocycles. The highest BCUT2D eigenvalue weighted by molar-refractivity contribution is 5.74. The van der Waals surface area contributed by atoms with E-state index in [2.05, 4.69) is 10.6 Å². The molecule has 19 nitrogen and oxygen atoms in total. The number of nitrogens with one attached hydrogen (secondary N) is 2. The number of carbonyl (C=O) groups excluding carboxylic acids is 8. The van der Waals surface area contributed by atoms with Gasteiger partial charge < -0.3 is 53.3 Å². The van der Waals surface area contributed by atoms with Crippen LogP contribution in [0, 0.1) is 0 Å². The van der Waals surface area contributed by atoms with Gasteiger partial charge in [-0.15, -0.1) is 0 Å². The molecular weight excluding hydrogens is 636 g/mol. The van der Waals surface area contributed by atoms with Crippen molar-refractivity contribution in [2.24, 2.45) is 0 Å². The van der Waals surface area contributed by atoms with Gasteiger partial charge in [-0.2, -0.15) is 0 Å². The largest absolute Gasteiger partial charge is 0.463 e. The average molecular weight is 677 g/mol. The van der Waals surface area contributed by atoms with Crippen LogP contribution in [0.3, 0.4) is 0 Å². The molecule has 2 fully saturated rings. The third-order valence-corrected chi connectivity index (χ3v) is 6.41. The fraction of sp³-hybridized carbons (Fsp3) is 0.714. The van der Waals surface area contributed by atoms with Gasteiger partial charge in [0.25, 0.3) is 0 Å². The van der Waals surface area contributed by atoms with Crippen molar-refractivity contribution in [3.8, 4) is 0 Å². The molecule has 2 saturated heterocycles. The Bertz CT molecular complexity index is 1210. The van der Waals surface area contributed by atoms with Gasteiger partial charge in [-0.05, 0) is 0 Å². The maximum absolute atomic E-state index is 12.4. The molecule has 0 saturated carbocycles. The van der Waals surface area contributed by atoms with Crippen LogP contribution in [-0.2, 0) is 81.0 Å². The van der Waals surface area contributed by atoms with E-state index in [9.17, 15) is 38.4 Å². The fourth-order valence-electron chi connectivity index (χ4n) is 4.95. The molecule has 19 heteroatoms. The topological polar surface area (TPSA) is 244 Å². The molecule has 2 N–H and O–H groups in total. The van der Waals surface area contributed by atoms with Gasteiger partial charge in [-0.3, -0.25) is 38.4 Å². The maximum Gasteiger partial charge on any atom is 0.305 e. The van der Waals surface area contributed by atoms with E-state index >= 15 is 0 Å². The number of rotatable bonds is 12. The highest BCUT2D eigenvalue weighted by Gasteiger charge is 2.56. The fourth-order valence-corrected chi connectivity index (χ4v) is 4.95. The molecule has 0 aromatic carbocycles. The van der Waals surface area contributed by atoms with Gasteiger partial charge in [-0.1, -0.05) is 0 Å². The van der Waals surface area contributed by atoms with Crippen molar-refractivity contribution in [2.45, 2.75) is 117 Å². The quantitative estimate of drug-likeness (QED) is 0.173. The zero-order chi connectivity index (χ0) is 35.6. The number of amides is 2. The zero-order valence-electron chi connectivity index (χ0n) is 27.1. The summed E-state index contributed by atoms with van der Waals surface area (Å²) in [7, 11) is 0. The van der Waals surface area contributed by atoms with Crippen LogP contribution < -0.4 is 10.6 Å². The van der Waals surface area contributed by atoms with Gasteiger partial charge in [0.1, 0.15) is 43.6 Å². The van der Waals surface area contributed by atoms with E-state index in [-0.39, 0.29) is 0 Å². The second-order valence-corrected chi connectivity index (χ2v) is 10.6. The second kappa shape index (κ2) is 17.5. The van der Waals surface area contributed by atoms with E-state index in [1.807, 2.05) is 0 Å². The summed E-state index contributed by atoms with van der Waals surface area (Å²) >= 11 is 0. The normalized spacial score (nSPS) is 30.0. The molecule has 264 valence electrons. The molecule has 2 unspecified atom stereocenters. The molecule has 0 bridgehead atoms. The Kier molecular flexibility index (Phi) is 14.5. The van der Waals surface area contributed by atoms with Gasteiger partial charge >= 0.3 is 35.8 Å². The molecule has 2 aliphatic rings. The van der Waals surface area contributed by atoms with Crippen LogP contribution in [0.1, 0.15) is 55.4 Å². The molecule has 0 aromatic rings. The number of hydrogen-bond acceptors (Lipinski definition) is 17. The molecule has 0 spiro atoms. The van der Waals surface area contributed by atoms with Crippen LogP contribution >= 0.6 is 0 Å². The summed E-state index contributed by atoms with van der Waals surface area (Å²) in [4.78, 5) is 96.7. The standard InChI is InChI=1S/C28H40N2O17/c1-11(31)29-21-26(43-17(7)37)24(20(10-40-14(4)34)45-27(21)44-18(8)38)47-28-22(30-12(2)32)25(42-16(6)36)23(41-15(5)35)19(46-28)9-39-13(3)33/h19-28H,9-10H2,1-8H3,(H,29,31)(H,30,32)/t19?,20?,21-,22+,23+,24-,25+,26+,27+,28-/m0/s1. The van der Waals surface area contributed by atoms with Crippen molar-refractivity contribution in [1.82, 2.24) is 10.6 Å². The van der Waals surface area contributed by atoms with Crippen molar-refractivity contribution in [3.63, 3.8) is 0 Å². The molecule has 10 atom stereocenters. The highest BCUT2D eigenvalue weighted by atomic mass is 16.8. The van der Waals surface area contributed by atoms with Crippen molar-refractivity contribution in [2.75, 3.05) is 13.2 Å².